The third-order valence-electron chi connectivity index (χ3n) is 3.65. The molecule has 0 atom stereocenters. The minimum absolute atomic E-state index is 0.332. The van der Waals surface area contributed by atoms with Crippen molar-refractivity contribution in [2.75, 3.05) is 0 Å². The number of aliphatic carboxylic acids is 1. The maximum Gasteiger partial charge on any atom is 0.303 e. The van der Waals surface area contributed by atoms with Crippen molar-refractivity contribution in [3.63, 3.8) is 0 Å². The van der Waals surface area contributed by atoms with Crippen LogP contribution in [0.1, 0.15) is 111 Å². The summed E-state index contributed by atoms with van der Waals surface area (Å²) in [4.78, 5) is 10.3. The Morgan fingerprint density at radius 1 is 0.833 bits per heavy atom. The van der Waals surface area contributed by atoms with E-state index in [0.29, 0.717) is 12.5 Å². The molecule has 0 unspecified atom stereocenters. The van der Waals surface area contributed by atoms with Gasteiger partial charge in [-0.25, -0.2) is 0 Å². The van der Waals surface area contributed by atoms with Crippen molar-refractivity contribution < 1.29 is 9.90 Å². The lowest BCUT2D eigenvalue weighted by Gasteiger charge is -1.99. The second-order valence-corrected chi connectivity index (χ2v) is 6.97. The van der Waals surface area contributed by atoms with Crippen molar-refractivity contribution in [3.8, 4) is 0 Å². The van der Waals surface area contributed by atoms with Crippen LogP contribution in [0.5, 0.6) is 0 Å². The average molecular weight is 342 g/mol. The molecule has 0 spiro atoms. The fourth-order valence-electron chi connectivity index (χ4n) is 2.35. The van der Waals surface area contributed by atoms with Gasteiger partial charge in [0.1, 0.15) is 0 Å². The van der Waals surface area contributed by atoms with E-state index in [2.05, 4.69) is 19.1 Å². The van der Waals surface area contributed by atoms with Gasteiger partial charge in [0.25, 0.3) is 0 Å². The van der Waals surface area contributed by atoms with Gasteiger partial charge in [-0.15, -0.1) is 0 Å². The van der Waals surface area contributed by atoms with Gasteiger partial charge in [0, 0.05) is 6.42 Å². The highest BCUT2D eigenvalue weighted by Crippen LogP contribution is 2.09. The molecule has 144 valence electrons. The summed E-state index contributed by atoms with van der Waals surface area (Å²) in [7, 11) is 0. The summed E-state index contributed by atoms with van der Waals surface area (Å²) in [5.41, 5.74) is 5.11. The highest BCUT2D eigenvalue weighted by Gasteiger charge is 1.95. The quantitative estimate of drug-likeness (QED) is 0.265. The second-order valence-electron chi connectivity index (χ2n) is 6.97. The van der Waals surface area contributed by atoms with E-state index in [1.54, 1.807) is 0 Å². The molecule has 0 heterocycles. The van der Waals surface area contributed by atoms with Crippen LogP contribution in [-0.2, 0) is 4.79 Å². The third kappa shape index (κ3) is 32.9. The minimum atomic E-state index is -0.664. The zero-order valence-corrected chi connectivity index (χ0v) is 16.6. The van der Waals surface area contributed by atoms with Crippen LogP contribution in [0.15, 0.2) is 12.2 Å². The summed E-state index contributed by atoms with van der Waals surface area (Å²) < 4.78 is 0. The normalized spacial score (nSPS) is 10.9. The fraction of sp³-hybridized carbons (Fsp3) is 0.857. The first-order valence-electron chi connectivity index (χ1n) is 10.1. The first-order chi connectivity index (χ1) is 11.5. The lowest BCUT2D eigenvalue weighted by atomic mass is 10.1. The van der Waals surface area contributed by atoms with Gasteiger partial charge in [-0.05, 0) is 38.1 Å². The highest BCUT2D eigenvalue weighted by molar-refractivity contribution is 5.66. The lowest BCUT2D eigenvalue weighted by molar-refractivity contribution is -0.137. The lowest BCUT2D eigenvalue weighted by Crippen LogP contribution is -2.06. The van der Waals surface area contributed by atoms with Crippen LogP contribution in [0.25, 0.3) is 0 Å². The topological polar surface area (TPSA) is 63.3 Å². The molecule has 24 heavy (non-hydrogen) atoms. The maximum absolute atomic E-state index is 10.3. The molecule has 3 N–H and O–H groups in total. The van der Waals surface area contributed by atoms with Crippen LogP contribution in [0.4, 0.5) is 0 Å². The first-order valence-corrected chi connectivity index (χ1v) is 10.1. The molecule has 0 aliphatic heterocycles. The summed E-state index contributed by atoms with van der Waals surface area (Å²) in [6, 6.07) is 0.333. The Balaban J connectivity index is 0. The van der Waals surface area contributed by atoms with Crippen molar-refractivity contribution in [1.82, 2.24) is 0 Å². The van der Waals surface area contributed by atoms with Gasteiger partial charge in [0.05, 0.1) is 0 Å². The Morgan fingerprint density at radius 2 is 1.21 bits per heavy atom. The smallest absolute Gasteiger partial charge is 0.303 e. The van der Waals surface area contributed by atoms with Gasteiger partial charge in [0.15, 0.2) is 0 Å². The summed E-state index contributed by atoms with van der Waals surface area (Å²) >= 11 is 0. The number of unbranched alkanes of at least 4 members (excludes halogenated alkanes) is 11. The third-order valence-corrected chi connectivity index (χ3v) is 3.65. The van der Waals surface area contributed by atoms with Crippen molar-refractivity contribution in [3.05, 3.63) is 12.2 Å². The molecule has 0 aliphatic carbocycles. The predicted octanol–water partition coefficient (Wildman–Crippen LogP) is 6.46. The Bertz CT molecular complexity index is 272. The summed E-state index contributed by atoms with van der Waals surface area (Å²) in [6.45, 7) is 6.15. The summed E-state index contributed by atoms with van der Waals surface area (Å²) in [5.74, 6) is -0.664. The Labute approximate surface area is 151 Å². The van der Waals surface area contributed by atoms with Crippen molar-refractivity contribution in [2.24, 2.45) is 5.73 Å². The molecule has 3 heteroatoms. The molecule has 0 aromatic carbocycles. The molecule has 0 aromatic heterocycles. The SMILES string of the molecule is CC(C)N.CCCCCCCC/C=C\CCCCCCCC(=O)O. The monoisotopic (exact) mass is 341 g/mol. The molecule has 0 aromatic rings. The molecular formula is C21H43NO2. The van der Waals surface area contributed by atoms with E-state index in [1.165, 1.54) is 70.6 Å². The number of nitrogens with two attached hydrogens (primary N) is 1. The van der Waals surface area contributed by atoms with Crippen molar-refractivity contribution in [1.29, 1.82) is 0 Å². The number of carbonyl (C=O) groups is 1. The van der Waals surface area contributed by atoms with Crippen LogP contribution in [-0.4, -0.2) is 17.1 Å². The van der Waals surface area contributed by atoms with Gasteiger partial charge in [0.2, 0.25) is 0 Å². The Hall–Kier alpha value is -0.830. The number of rotatable bonds is 15. The largest absolute Gasteiger partial charge is 0.481 e. The molecule has 0 fully saturated rings. The molecule has 3 nitrogen and oxygen atoms in total. The molecule has 0 amide bonds. The van der Waals surface area contributed by atoms with Gasteiger partial charge in [-0.2, -0.15) is 0 Å². The second kappa shape index (κ2) is 22.2. The number of hydrogen-bond donors (Lipinski definition) is 2. The Kier molecular flexibility index (Phi) is 23.5. The van der Waals surface area contributed by atoms with Crippen molar-refractivity contribution in [2.45, 2.75) is 117 Å². The van der Waals surface area contributed by atoms with E-state index < -0.39 is 5.97 Å². The highest BCUT2D eigenvalue weighted by atomic mass is 16.4. The van der Waals surface area contributed by atoms with Gasteiger partial charge in [-0.3, -0.25) is 4.79 Å². The van der Waals surface area contributed by atoms with Crippen molar-refractivity contribution >= 4 is 5.97 Å². The van der Waals surface area contributed by atoms with Gasteiger partial charge < -0.3 is 10.8 Å². The van der Waals surface area contributed by atoms with Crippen LogP contribution < -0.4 is 5.73 Å². The molecular weight excluding hydrogens is 298 g/mol. The average Bonchev–Trinajstić information content (AvgIpc) is 2.50. The minimum Gasteiger partial charge on any atom is -0.481 e. The van der Waals surface area contributed by atoms with E-state index in [1.807, 2.05) is 13.8 Å². The van der Waals surface area contributed by atoms with E-state index in [9.17, 15) is 4.79 Å². The maximum atomic E-state index is 10.3. The molecule has 0 bridgehead atoms. The Morgan fingerprint density at radius 3 is 1.62 bits per heavy atom. The fourth-order valence-corrected chi connectivity index (χ4v) is 2.35. The van der Waals surface area contributed by atoms with Crippen LogP contribution in [0, 0.1) is 0 Å². The van der Waals surface area contributed by atoms with E-state index in [0.717, 1.165) is 12.8 Å². The standard InChI is InChI=1S/C18H34O2.C3H9N/c1-2-3-4-5-6-7-8-9-10-11-12-13-14-15-16-17-18(19)20;1-3(2)4/h9-10H,2-8,11-17H2,1H3,(H,19,20);3H,4H2,1-2H3/b10-9-;. The van der Waals surface area contributed by atoms with E-state index in [4.69, 9.17) is 10.8 Å². The van der Waals surface area contributed by atoms with Crippen LogP contribution in [0.3, 0.4) is 0 Å². The molecule has 0 saturated heterocycles. The van der Waals surface area contributed by atoms with Gasteiger partial charge >= 0.3 is 5.97 Å². The molecule has 0 rings (SSSR count). The molecule has 0 saturated carbocycles. The van der Waals surface area contributed by atoms with E-state index >= 15 is 0 Å². The summed E-state index contributed by atoms with van der Waals surface area (Å²) in [6.07, 6.45) is 21.2. The zero-order chi connectivity index (χ0) is 18.5. The number of hydrogen-bond acceptors (Lipinski definition) is 2. The molecule has 0 radical (unpaired) electrons. The van der Waals surface area contributed by atoms with Crippen LogP contribution in [0.2, 0.25) is 0 Å². The zero-order valence-electron chi connectivity index (χ0n) is 16.6. The molecule has 0 aliphatic rings. The first kappa shape index (κ1) is 25.4. The van der Waals surface area contributed by atoms with Crippen LogP contribution >= 0.6 is 0 Å². The number of carboxylic acids is 1. The number of carboxylic acid groups (broad SMARTS) is 1. The predicted molar refractivity (Wildman–Crippen MR) is 106 cm³/mol. The summed E-state index contributed by atoms with van der Waals surface area (Å²) in [5, 5.41) is 8.51. The van der Waals surface area contributed by atoms with Gasteiger partial charge in [-0.1, -0.05) is 84.3 Å². The number of allylic oxidation sites excluding steroid dienone is 2. The van der Waals surface area contributed by atoms with E-state index in [-0.39, 0.29) is 0 Å².